The summed E-state index contributed by atoms with van der Waals surface area (Å²) in [4.78, 5) is 4.59. The Hall–Kier alpha value is -3.04. The van der Waals surface area contributed by atoms with Gasteiger partial charge < -0.3 is 10.1 Å². The third-order valence-corrected chi connectivity index (χ3v) is 4.23. The van der Waals surface area contributed by atoms with Gasteiger partial charge in [-0.05, 0) is 48.9 Å². The van der Waals surface area contributed by atoms with E-state index >= 15 is 0 Å². The van der Waals surface area contributed by atoms with E-state index in [9.17, 15) is 0 Å². The van der Waals surface area contributed by atoms with E-state index in [-0.39, 0.29) is 12.4 Å². The number of halogens is 1. The van der Waals surface area contributed by atoms with Crippen LogP contribution in [0.25, 0.3) is 10.9 Å². The Kier molecular flexibility index (Phi) is 5.94. The first-order chi connectivity index (χ1) is 12.8. The highest BCUT2D eigenvalue weighted by atomic mass is 35.5. The lowest BCUT2D eigenvalue weighted by Crippen LogP contribution is -1.96. The van der Waals surface area contributed by atoms with Gasteiger partial charge in [-0.15, -0.1) is 12.4 Å². The van der Waals surface area contributed by atoms with E-state index < -0.39 is 0 Å². The number of para-hydroxylation sites is 1. The van der Waals surface area contributed by atoms with Crippen LogP contribution in [0.2, 0.25) is 0 Å². The topological polar surface area (TPSA) is 34.1 Å². The van der Waals surface area contributed by atoms with Crippen molar-refractivity contribution in [2.24, 2.45) is 0 Å². The fourth-order valence-corrected chi connectivity index (χ4v) is 2.94. The van der Waals surface area contributed by atoms with Crippen LogP contribution in [-0.2, 0) is 6.61 Å². The van der Waals surface area contributed by atoms with E-state index in [1.54, 1.807) is 0 Å². The van der Waals surface area contributed by atoms with Crippen LogP contribution >= 0.6 is 12.4 Å². The summed E-state index contributed by atoms with van der Waals surface area (Å²) in [5, 5.41) is 4.61. The number of anilines is 2. The molecule has 0 aliphatic heterocycles. The molecule has 0 aliphatic rings. The molecule has 1 aromatic heterocycles. The second-order valence-electron chi connectivity index (χ2n) is 6.25. The van der Waals surface area contributed by atoms with Crippen molar-refractivity contribution in [2.75, 3.05) is 5.32 Å². The van der Waals surface area contributed by atoms with Crippen molar-refractivity contribution < 1.29 is 4.74 Å². The SMILES string of the molecule is Cc1cc(Nc2ccc(OCc3ccccc3)cc2)c2ccccc2n1.Cl. The summed E-state index contributed by atoms with van der Waals surface area (Å²) < 4.78 is 5.85. The van der Waals surface area contributed by atoms with Gasteiger partial charge in [-0.3, -0.25) is 4.98 Å². The monoisotopic (exact) mass is 376 g/mol. The van der Waals surface area contributed by atoms with Crippen molar-refractivity contribution >= 4 is 34.7 Å². The molecule has 0 spiro atoms. The maximum atomic E-state index is 5.85. The van der Waals surface area contributed by atoms with Crippen LogP contribution in [-0.4, -0.2) is 4.98 Å². The number of rotatable bonds is 5. The van der Waals surface area contributed by atoms with Crippen molar-refractivity contribution in [3.63, 3.8) is 0 Å². The van der Waals surface area contributed by atoms with Crippen LogP contribution in [0.4, 0.5) is 11.4 Å². The summed E-state index contributed by atoms with van der Waals surface area (Å²) in [6.45, 7) is 2.58. The molecule has 0 saturated carbocycles. The van der Waals surface area contributed by atoms with Crippen LogP contribution in [0, 0.1) is 6.92 Å². The molecule has 27 heavy (non-hydrogen) atoms. The Labute approximate surface area is 165 Å². The highest BCUT2D eigenvalue weighted by Gasteiger charge is 2.04. The molecule has 0 bridgehead atoms. The van der Waals surface area contributed by atoms with E-state index in [1.807, 2.05) is 67.6 Å². The number of fused-ring (bicyclic) bond motifs is 1. The number of nitrogens with one attached hydrogen (secondary N) is 1. The molecule has 1 N–H and O–H groups in total. The summed E-state index contributed by atoms with van der Waals surface area (Å²) >= 11 is 0. The van der Waals surface area contributed by atoms with E-state index in [0.29, 0.717) is 6.61 Å². The van der Waals surface area contributed by atoms with E-state index in [2.05, 4.69) is 34.6 Å². The van der Waals surface area contributed by atoms with E-state index in [1.165, 1.54) is 0 Å². The Morgan fingerprint density at radius 3 is 2.33 bits per heavy atom. The molecule has 4 rings (SSSR count). The van der Waals surface area contributed by atoms with E-state index in [0.717, 1.165) is 39.3 Å². The molecule has 0 aliphatic carbocycles. The minimum Gasteiger partial charge on any atom is -0.489 e. The summed E-state index contributed by atoms with van der Waals surface area (Å²) in [7, 11) is 0. The summed E-state index contributed by atoms with van der Waals surface area (Å²) in [6.07, 6.45) is 0. The first-order valence-electron chi connectivity index (χ1n) is 8.68. The third kappa shape index (κ3) is 4.57. The lowest BCUT2D eigenvalue weighted by Gasteiger charge is -2.12. The lowest BCUT2D eigenvalue weighted by molar-refractivity contribution is 0.306. The third-order valence-electron chi connectivity index (χ3n) is 4.23. The quantitative estimate of drug-likeness (QED) is 0.444. The fourth-order valence-electron chi connectivity index (χ4n) is 2.94. The minimum atomic E-state index is 0. The van der Waals surface area contributed by atoms with Gasteiger partial charge in [0.05, 0.1) is 5.52 Å². The number of aromatic nitrogens is 1. The van der Waals surface area contributed by atoms with Gasteiger partial charge in [0.2, 0.25) is 0 Å². The highest BCUT2D eigenvalue weighted by molar-refractivity contribution is 5.93. The number of benzene rings is 3. The number of hydrogen-bond acceptors (Lipinski definition) is 3. The second kappa shape index (κ2) is 8.56. The second-order valence-corrected chi connectivity index (χ2v) is 6.25. The smallest absolute Gasteiger partial charge is 0.119 e. The summed E-state index contributed by atoms with van der Waals surface area (Å²) in [5.74, 6) is 0.857. The van der Waals surface area contributed by atoms with Crippen molar-refractivity contribution in [3.8, 4) is 5.75 Å². The van der Waals surface area contributed by atoms with Crippen molar-refractivity contribution in [2.45, 2.75) is 13.5 Å². The molecule has 3 aromatic carbocycles. The van der Waals surface area contributed by atoms with Crippen molar-refractivity contribution in [1.82, 2.24) is 4.98 Å². The molecular formula is C23H21ClN2O. The van der Waals surface area contributed by atoms with Gasteiger partial charge in [-0.25, -0.2) is 0 Å². The molecule has 136 valence electrons. The predicted octanol–water partition coefficient (Wildman–Crippen LogP) is 6.29. The van der Waals surface area contributed by atoms with Crippen LogP contribution in [0.3, 0.4) is 0 Å². The average Bonchev–Trinajstić information content (AvgIpc) is 2.68. The van der Waals surface area contributed by atoms with Gasteiger partial charge in [0.25, 0.3) is 0 Å². The van der Waals surface area contributed by atoms with Gasteiger partial charge in [0.1, 0.15) is 12.4 Å². The van der Waals surface area contributed by atoms with E-state index in [4.69, 9.17) is 4.74 Å². The maximum Gasteiger partial charge on any atom is 0.119 e. The Morgan fingerprint density at radius 2 is 1.56 bits per heavy atom. The molecule has 0 unspecified atom stereocenters. The molecule has 0 saturated heterocycles. The Balaban J connectivity index is 0.00000210. The first-order valence-corrected chi connectivity index (χ1v) is 8.68. The highest BCUT2D eigenvalue weighted by Crippen LogP contribution is 2.27. The van der Waals surface area contributed by atoms with Gasteiger partial charge >= 0.3 is 0 Å². The molecule has 3 nitrogen and oxygen atoms in total. The maximum absolute atomic E-state index is 5.85. The summed E-state index contributed by atoms with van der Waals surface area (Å²) in [5.41, 5.74) is 5.24. The number of aryl methyl sites for hydroxylation is 1. The molecular weight excluding hydrogens is 356 g/mol. The van der Waals surface area contributed by atoms with Crippen LogP contribution < -0.4 is 10.1 Å². The number of nitrogens with zero attached hydrogens (tertiary/aromatic N) is 1. The standard InChI is InChI=1S/C23H20N2O.ClH/c1-17-15-23(21-9-5-6-10-22(21)24-17)25-19-11-13-20(14-12-19)26-16-18-7-3-2-4-8-18;/h2-15H,16H2,1H3,(H,24,25);1H. The fraction of sp³-hybridized carbons (Fsp3) is 0.0870. The van der Waals surface area contributed by atoms with Gasteiger partial charge in [0, 0.05) is 22.5 Å². The zero-order valence-corrected chi connectivity index (χ0v) is 15.9. The normalized spacial score (nSPS) is 10.3. The number of pyridine rings is 1. The zero-order chi connectivity index (χ0) is 17.8. The average molecular weight is 377 g/mol. The molecule has 4 heteroatoms. The molecule has 1 heterocycles. The zero-order valence-electron chi connectivity index (χ0n) is 15.1. The molecule has 0 amide bonds. The van der Waals surface area contributed by atoms with Crippen molar-refractivity contribution in [1.29, 1.82) is 0 Å². The predicted molar refractivity (Wildman–Crippen MR) is 114 cm³/mol. The van der Waals surface area contributed by atoms with Crippen LogP contribution in [0.1, 0.15) is 11.3 Å². The Morgan fingerprint density at radius 1 is 0.852 bits per heavy atom. The lowest BCUT2D eigenvalue weighted by atomic mass is 10.1. The number of hydrogen-bond donors (Lipinski definition) is 1. The molecule has 0 radical (unpaired) electrons. The van der Waals surface area contributed by atoms with Crippen LogP contribution in [0.5, 0.6) is 5.75 Å². The van der Waals surface area contributed by atoms with Gasteiger partial charge in [-0.1, -0.05) is 48.5 Å². The van der Waals surface area contributed by atoms with Gasteiger partial charge in [-0.2, -0.15) is 0 Å². The van der Waals surface area contributed by atoms with Crippen molar-refractivity contribution in [3.05, 3.63) is 96.2 Å². The van der Waals surface area contributed by atoms with Gasteiger partial charge in [0.15, 0.2) is 0 Å². The first kappa shape index (κ1) is 18.7. The number of ether oxygens (including phenoxy) is 1. The van der Waals surface area contributed by atoms with Crippen LogP contribution in [0.15, 0.2) is 84.9 Å². The Bertz CT molecular complexity index is 1020. The minimum absolute atomic E-state index is 0. The molecule has 0 atom stereocenters. The summed E-state index contributed by atoms with van der Waals surface area (Å²) in [6, 6.07) is 28.5. The largest absolute Gasteiger partial charge is 0.489 e. The molecule has 4 aromatic rings. The molecule has 0 fully saturated rings.